The molecular formula is C20H20N8O3S. The maximum absolute atomic E-state index is 13.1. The highest BCUT2D eigenvalue weighted by atomic mass is 32.2. The van der Waals surface area contributed by atoms with Crippen LogP contribution >= 0.6 is 0 Å². The van der Waals surface area contributed by atoms with Gasteiger partial charge in [-0.05, 0) is 25.0 Å². The molecule has 0 unspecified atom stereocenters. The molecule has 12 heteroatoms. The Bertz CT molecular complexity index is 1570. The fraction of sp³-hybridized carbons (Fsp3) is 0.350. The van der Waals surface area contributed by atoms with Gasteiger partial charge < -0.3 is 0 Å². The van der Waals surface area contributed by atoms with Crippen molar-refractivity contribution in [3.05, 3.63) is 46.8 Å². The molecule has 1 atom stereocenters. The molecule has 0 N–H and O–H groups in total. The van der Waals surface area contributed by atoms with E-state index in [-0.39, 0.29) is 18.3 Å². The second-order valence-electron chi connectivity index (χ2n) is 7.95. The van der Waals surface area contributed by atoms with Crippen molar-refractivity contribution in [2.45, 2.75) is 18.9 Å². The zero-order chi connectivity index (χ0) is 22.6. The number of imidazole rings is 1. The molecule has 0 aliphatic carbocycles. The fourth-order valence-corrected chi connectivity index (χ4v) is 5.15. The molecule has 1 saturated heterocycles. The Hall–Kier alpha value is -3.56. The van der Waals surface area contributed by atoms with Crippen LogP contribution in [0.3, 0.4) is 0 Å². The van der Waals surface area contributed by atoms with E-state index in [0.29, 0.717) is 53.0 Å². The van der Waals surface area contributed by atoms with Crippen molar-refractivity contribution in [2.24, 2.45) is 7.05 Å². The topological polar surface area (TPSA) is 131 Å². The molecular weight excluding hydrogens is 432 g/mol. The lowest BCUT2D eigenvalue weighted by molar-refractivity contribution is 0.267. The zero-order valence-corrected chi connectivity index (χ0v) is 18.3. The summed E-state index contributed by atoms with van der Waals surface area (Å²) in [7, 11) is -1.71. The van der Waals surface area contributed by atoms with E-state index in [1.54, 1.807) is 46.9 Å². The third kappa shape index (κ3) is 3.17. The summed E-state index contributed by atoms with van der Waals surface area (Å²) in [4.78, 5) is 22.2. The smallest absolute Gasteiger partial charge is 0.292 e. The summed E-state index contributed by atoms with van der Waals surface area (Å²) in [5, 5.41) is 13.5. The number of sulfonamides is 1. The van der Waals surface area contributed by atoms with Gasteiger partial charge in [0.15, 0.2) is 11.5 Å². The minimum absolute atomic E-state index is 0.222. The number of hydrogen-bond acceptors (Lipinski definition) is 7. The molecule has 0 amide bonds. The lowest BCUT2D eigenvalue weighted by Gasteiger charge is -2.31. The number of nitrogens with zero attached hydrogens (tertiary/aromatic N) is 8. The van der Waals surface area contributed by atoms with Crippen LogP contribution in [0.4, 0.5) is 0 Å². The summed E-state index contributed by atoms with van der Waals surface area (Å²) in [6.07, 6.45) is 7.41. The second-order valence-corrected chi connectivity index (χ2v) is 9.93. The van der Waals surface area contributed by atoms with Crippen LogP contribution in [0.25, 0.3) is 28.1 Å². The SMILES string of the molecule is Cn1c(=O)n([C@H]2CCCN(S(C)(=O)=O)C2)c2nc(-c3cnn4ccc(C#N)cc34)ncc21. The summed E-state index contributed by atoms with van der Waals surface area (Å²) in [5.41, 5.74) is 2.53. The Labute approximate surface area is 183 Å². The van der Waals surface area contributed by atoms with Gasteiger partial charge in [-0.25, -0.2) is 32.0 Å². The van der Waals surface area contributed by atoms with Gasteiger partial charge in [-0.2, -0.15) is 10.4 Å². The van der Waals surface area contributed by atoms with E-state index in [9.17, 15) is 18.5 Å². The van der Waals surface area contributed by atoms with Crippen molar-refractivity contribution in [1.29, 1.82) is 5.26 Å². The number of pyridine rings is 1. The van der Waals surface area contributed by atoms with Crippen molar-refractivity contribution in [3.63, 3.8) is 0 Å². The first-order valence-electron chi connectivity index (χ1n) is 10.0. The highest BCUT2D eigenvalue weighted by Gasteiger charge is 2.30. The largest absolute Gasteiger partial charge is 0.330 e. The standard InChI is InChI=1S/C20H20N8O3S/c1-25-17-11-22-18(15-10-23-27-7-5-13(9-21)8-16(15)27)24-19(17)28(20(25)29)14-4-3-6-26(12-14)32(2,30)31/h5,7-8,10-11,14H,3-4,6,12H2,1-2H3/t14-/m0/s1. The van der Waals surface area contributed by atoms with Crippen molar-refractivity contribution in [2.75, 3.05) is 19.3 Å². The number of rotatable bonds is 3. The van der Waals surface area contributed by atoms with Gasteiger partial charge in [-0.15, -0.1) is 0 Å². The van der Waals surface area contributed by atoms with E-state index in [4.69, 9.17) is 4.98 Å². The molecule has 0 saturated carbocycles. The molecule has 1 aliphatic rings. The summed E-state index contributed by atoms with van der Waals surface area (Å²) >= 11 is 0. The predicted molar refractivity (Wildman–Crippen MR) is 116 cm³/mol. The molecule has 0 radical (unpaired) electrons. The van der Waals surface area contributed by atoms with Crippen LogP contribution in [-0.4, -0.2) is 60.8 Å². The van der Waals surface area contributed by atoms with E-state index in [1.807, 2.05) is 0 Å². The Morgan fingerprint density at radius 1 is 1.25 bits per heavy atom. The second kappa shape index (κ2) is 7.25. The maximum atomic E-state index is 13.1. The number of aromatic nitrogens is 6. The van der Waals surface area contributed by atoms with Crippen LogP contribution in [0.2, 0.25) is 0 Å². The Morgan fingerprint density at radius 2 is 2.06 bits per heavy atom. The van der Waals surface area contributed by atoms with E-state index >= 15 is 0 Å². The number of nitriles is 1. The number of hydrogen-bond donors (Lipinski definition) is 0. The quantitative estimate of drug-likeness (QED) is 0.451. The van der Waals surface area contributed by atoms with Crippen LogP contribution in [0.5, 0.6) is 0 Å². The van der Waals surface area contributed by atoms with E-state index in [0.717, 1.165) is 0 Å². The normalized spacial score (nSPS) is 17.7. The summed E-state index contributed by atoms with van der Waals surface area (Å²) in [6.45, 7) is 0.665. The lowest BCUT2D eigenvalue weighted by Crippen LogP contribution is -2.42. The lowest BCUT2D eigenvalue weighted by atomic mass is 10.1. The average Bonchev–Trinajstić information content (AvgIpc) is 3.31. The Balaban J connectivity index is 1.67. The predicted octanol–water partition coefficient (Wildman–Crippen LogP) is 0.913. The van der Waals surface area contributed by atoms with E-state index in [2.05, 4.69) is 16.2 Å². The van der Waals surface area contributed by atoms with Crippen LogP contribution < -0.4 is 5.69 Å². The van der Waals surface area contributed by atoms with Gasteiger partial charge in [0.1, 0.15) is 5.52 Å². The van der Waals surface area contributed by atoms with Gasteiger partial charge in [-0.3, -0.25) is 9.13 Å². The molecule has 4 aromatic heterocycles. The fourth-order valence-electron chi connectivity index (χ4n) is 4.25. The first-order valence-corrected chi connectivity index (χ1v) is 11.9. The van der Waals surface area contributed by atoms with E-state index < -0.39 is 10.0 Å². The molecule has 5 rings (SSSR count). The average molecular weight is 453 g/mol. The molecule has 1 aliphatic heterocycles. The van der Waals surface area contributed by atoms with Gasteiger partial charge in [0.2, 0.25) is 10.0 Å². The van der Waals surface area contributed by atoms with Crippen molar-refractivity contribution < 1.29 is 8.42 Å². The Kier molecular flexibility index (Phi) is 4.61. The molecule has 164 valence electrons. The van der Waals surface area contributed by atoms with Gasteiger partial charge in [0.25, 0.3) is 0 Å². The van der Waals surface area contributed by atoms with Crippen LogP contribution in [-0.2, 0) is 17.1 Å². The Morgan fingerprint density at radius 3 is 2.81 bits per heavy atom. The van der Waals surface area contributed by atoms with Gasteiger partial charge in [0, 0.05) is 26.3 Å². The molecule has 5 heterocycles. The highest BCUT2D eigenvalue weighted by Crippen LogP contribution is 2.27. The van der Waals surface area contributed by atoms with Crippen molar-refractivity contribution in [1.82, 2.24) is 33.0 Å². The van der Waals surface area contributed by atoms with Crippen molar-refractivity contribution in [3.8, 4) is 17.5 Å². The molecule has 0 bridgehead atoms. The van der Waals surface area contributed by atoms with Gasteiger partial charge >= 0.3 is 5.69 Å². The van der Waals surface area contributed by atoms with Crippen LogP contribution in [0.15, 0.2) is 35.5 Å². The molecule has 4 aromatic rings. The minimum atomic E-state index is -3.36. The summed E-state index contributed by atoms with van der Waals surface area (Å²) < 4.78 is 30.2. The first-order chi connectivity index (χ1) is 15.3. The molecule has 0 spiro atoms. The van der Waals surface area contributed by atoms with Crippen LogP contribution in [0, 0.1) is 11.3 Å². The van der Waals surface area contributed by atoms with Gasteiger partial charge in [0.05, 0.1) is 47.4 Å². The van der Waals surface area contributed by atoms with Crippen LogP contribution in [0.1, 0.15) is 24.4 Å². The maximum Gasteiger partial charge on any atom is 0.330 e. The summed E-state index contributed by atoms with van der Waals surface area (Å²) in [5.74, 6) is 0.373. The highest BCUT2D eigenvalue weighted by molar-refractivity contribution is 7.88. The third-order valence-corrected chi connectivity index (χ3v) is 7.19. The first kappa shape index (κ1) is 20.3. The zero-order valence-electron chi connectivity index (χ0n) is 17.5. The third-order valence-electron chi connectivity index (χ3n) is 5.92. The van der Waals surface area contributed by atoms with Crippen molar-refractivity contribution >= 4 is 26.7 Å². The number of aryl methyl sites for hydroxylation is 1. The molecule has 11 nitrogen and oxygen atoms in total. The van der Waals surface area contributed by atoms with Gasteiger partial charge in [-0.1, -0.05) is 0 Å². The number of fused-ring (bicyclic) bond motifs is 2. The number of piperidine rings is 1. The molecule has 0 aromatic carbocycles. The van der Waals surface area contributed by atoms with E-state index in [1.165, 1.54) is 15.1 Å². The molecule has 1 fully saturated rings. The summed E-state index contributed by atoms with van der Waals surface area (Å²) in [6, 6.07) is 5.16. The minimum Gasteiger partial charge on any atom is -0.292 e. The monoisotopic (exact) mass is 452 g/mol. The molecule has 32 heavy (non-hydrogen) atoms.